The molecule has 4 rings (SSSR count). The summed E-state index contributed by atoms with van der Waals surface area (Å²) in [6, 6.07) is 12.5. The van der Waals surface area contributed by atoms with E-state index in [9.17, 15) is 9.59 Å². The minimum Gasteiger partial charge on any atom is -0.338 e. The number of H-pyrrole nitrogens is 1. The summed E-state index contributed by atoms with van der Waals surface area (Å²) in [5.74, 6) is -0.356. The number of fused-ring (bicyclic) bond motifs is 1. The number of aromatic amines is 1. The van der Waals surface area contributed by atoms with Crippen molar-refractivity contribution in [2.75, 3.05) is 18.4 Å². The van der Waals surface area contributed by atoms with Crippen molar-refractivity contribution in [2.45, 2.75) is 12.8 Å². The van der Waals surface area contributed by atoms with Crippen LogP contribution < -0.4 is 5.32 Å². The lowest BCUT2D eigenvalue weighted by Crippen LogP contribution is -2.43. The number of benzene rings is 2. The van der Waals surface area contributed by atoms with Gasteiger partial charge in [0.1, 0.15) is 0 Å². The fraction of sp³-hybridized carbons (Fsp3) is 0.250. The molecule has 2 heterocycles. The molecule has 2 aromatic carbocycles. The molecule has 1 unspecified atom stereocenters. The Morgan fingerprint density at radius 3 is 2.81 bits per heavy atom. The number of aromatic nitrogens is 2. The number of carbonyl (C=O) groups excluding carboxylic acids is 2. The fourth-order valence-electron chi connectivity index (χ4n) is 3.42. The maximum Gasteiger partial charge on any atom is 0.253 e. The first kappa shape index (κ1) is 17.5. The van der Waals surface area contributed by atoms with Gasteiger partial charge in [0, 0.05) is 34.7 Å². The van der Waals surface area contributed by atoms with Gasteiger partial charge in [-0.15, -0.1) is 0 Å². The van der Waals surface area contributed by atoms with Gasteiger partial charge in [0.05, 0.1) is 17.6 Å². The van der Waals surface area contributed by atoms with Crippen molar-refractivity contribution in [1.82, 2.24) is 15.1 Å². The zero-order valence-corrected chi connectivity index (χ0v) is 15.4. The zero-order valence-electron chi connectivity index (χ0n) is 14.6. The van der Waals surface area contributed by atoms with E-state index in [-0.39, 0.29) is 17.7 Å². The average molecular weight is 383 g/mol. The predicted molar refractivity (Wildman–Crippen MR) is 105 cm³/mol. The number of hydrogen-bond donors (Lipinski definition) is 2. The van der Waals surface area contributed by atoms with Gasteiger partial charge in [0.2, 0.25) is 5.91 Å². The van der Waals surface area contributed by atoms with Crippen LogP contribution in [0.25, 0.3) is 10.9 Å². The molecule has 1 atom stereocenters. The van der Waals surface area contributed by atoms with E-state index in [0.29, 0.717) is 23.7 Å². The van der Waals surface area contributed by atoms with E-state index in [1.165, 1.54) is 0 Å². The lowest BCUT2D eigenvalue weighted by Gasteiger charge is -2.32. The molecule has 0 bridgehead atoms. The van der Waals surface area contributed by atoms with E-state index in [1.807, 2.05) is 18.2 Å². The number of piperidine rings is 1. The minimum atomic E-state index is -0.227. The summed E-state index contributed by atoms with van der Waals surface area (Å²) in [5.41, 5.74) is 2.24. The second-order valence-electron chi connectivity index (χ2n) is 6.76. The quantitative estimate of drug-likeness (QED) is 0.724. The SMILES string of the molecule is O=C(Nc1ccc2[nH]ncc2c1)C1CCCN(C(=O)c2ccc(Cl)cc2)C1. The third-order valence-corrected chi connectivity index (χ3v) is 5.13. The highest BCUT2D eigenvalue weighted by Crippen LogP contribution is 2.22. The lowest BCUT2D eigenvalue weighted by molar-refractivity contribution is -0.121. The predicted octanol–water partition coefficient (Wildman–Crippen LogP) is 3.71. The molecule has 1 fully saturated rings. The van der Waals surface area contributed by atoms with Gasteiger partial charge in [-0.25, -0.2) is 0 Å². The Balaban J connectivity index is 1.43. The van der Waals surface area contributed by atoms with Crippen LogP contribution in [-0.4, -0.2) is 40.0 Å². The maximum absolute atomic E-state index is 12.7. The van der Waals surface area contributed by atoms with E-state index in [4.69, 9.17) is 11.6 Å². The van der Waals surface area contributed by atoms with Crippen molar-refractivity contribution in [2.24, 2.45) is 5.92 Å². The Morgan fingerprint density at radius 2 is 2.00 bits per heavy atom. The Kier molecular flexibility index (Phi) is 4.81. The number of likely N-dealkylation sites (tertiary alicyclic amines) is 1. The Hall–Kier alpha value is -2.86. The molecule has 7 heteroatoms. The molecule has 2 N–H and O–H groups in total. The number of carbonyl (C=O) groups is 2. The second-order valence-corrected chi connectivity index (χ2v) is 7.19. The van der Waals surface area contributed by atoms with Crippen molar-refractivity contribution in [1.29, 1.82) is 0 Å². The average Bonchev–Trinajstić information content (AvgIpc) is 3.16. The standard InChI is InChI=1S/C20H19ClN4O2/c21-16-5-3-13(4-6-16)20(27)25-9-1-2-14(12-25)19(26)23-17-7-8-18-15(10-17)11-22-24-18/h3-8,10-11,14H,1-2,9,12H2,(H,22,24)(H,23,26). The highest BCUT2D eigenvalue weighted by Gasteiger charge is 2.29. The second kappa shape index (κ2) is 7.40. The van der Waals surface area contributed by atoms with Gasteiger partial charge in [-0.05, 0) is 55.3 Å². The third kappa shape index (κ3) is 3.80. The van der Waals surface area contributed by atoms with Gasteiger partial charge in [0.15, 0.2) is 0 Å². The zero-order chi connectivity index (χ0) is 18.8. The summed E-state index contributed by atoms with van der Waals surface area (Å²) in [6.45, 7) is 1.08. The molecule has 1 aromatic heterocycles. The largest absolute Gasteiger partial charge is 0.338 e. The molecule has 1 aliphatic rings. The highest BCUT2D eigenvalue weighted by molar-refractivity contribution is 6.30. The van der Waals surface area contributed by atoms with Crippen LogP contribution in [-0.2, 0) is 4.79 Å². The van der Waals surface area contributed by atoms with Crippen molar-refractivity contribution >= 4 is 40.0 Å². The molecule has 0 aliphatic carbocycles. The van der Waals surface area contributed by atoms with Gasteiger partial charge in [-0.1, -0.05) is 11.6 Å². The summed E-state index contributed by atoms with van der Waals surface area (Å²) in [4.78, 5) is 27.1. The normalized spacial score (nSPS) is 17.1. The topological polar surface area (TPSA) is 78.1 Å². The third-order valence-electron chi connectivity index (χ3n) is 4.88. The number of amides is 2. The first-order valence-electron chi connectivity index (χ1n) is 8.89. The number of hydrogen-bond acceptors (Lipinski definition) is 3. The first-order valence-corrected chi connectivity index (χ1v) is 9.27. The van der Waals surface area contributed by atoms with Gasteiger partial charge >= 0.3 is 0 Å². The summed E-state index contributed by atoms with van der Waals surface area (Å²) in [7, 11) is 0. The van der Waals surface area contributed by atoms with Crippen LogP contribution in [0.1, 0.15) is 23.2 Å². The van der Waals surface area contributed by atoms with Crippen LogP contribution in [0.2, 0.25) is 5.02 Å². The fourth-order valence-corrected chi connectivity index (χ4v) is 3.54. The monoisotopic (exact) mass is 382 g/mol. The van der Waals surface area contributed by atoms with Gasteiger partial charge < -0.3 is 10.2 Å². The molecule has 0 spiro atoms. The molecule has 138 valence electrons. The molecule has 6 nitrogen and oxygen atoms in total. The lowest BCUT2D eigenvalue weighted by atomic mass is 9.96. The van der Waals surface area contributed by atoms with Crippen LogP contribution in [0, 0.1) is 5.92 Å². The Labute approximate surface area is 161 Å². The number of halogens is 1. The molecule has 3 aromatic rings. The van der Waals surface area contributed by atoms with E-state index < -0.39 is 0 Å². The van der Waals surface area contributed by atoms with Crippen LogP contribution in [0.5, 0.6) is 0 Å². The number of nitrogens with one attached hydrogen (secondary N) is 2. The molecule has 1 saturated heterocycles. The van der Waals surface area contributed by atoms with Crippen LogP contribution in [0.3, 0.4) is 0 Å². The van der Waals surface area contributed by atoms with E-state index >= 15 is 0 Å². The number of rotatable bonds is 3. The van der Waals surface area contributed by atoms with E-state index in [2.05, 4.69) is 15.5 Å². The Morgan fingerprint density at radius 1 is 1.19 bits per heavy atom. The van der Waals surface area contributed by atoms with Gasteiger partial charge in [0.25, 0.3) is 5.91 Å². The Bertz CT molecular complexity index is 983. The molecule has 27 heavy (non-hydrogen) atoms. The molecular formula is C20H19ClN4O2. The van der Waals surface area contributed by atoms with Crippen LogP contribution in [0.15, 0.2) is 48.7 Å². The van der Waals surface area contributed by atoms with Crippen LogP contribution in [0.4, 0.5) is 5.69 Å². The van der Waals surface area contributed by atoms with E-state index in [0.717, 1.165) is 29.4 Å². The summed E-state index contributed by atoms with van der Waals surface area (Å²) >= 11 is 5.89. The van der Waals surface area contributed by atoms with Gasteiger partial charge in [-0.2, -0.15) is 5.10 Å². The highest BCUT2D eigenvalue weighted by atomic mass is 35.5. The molecular weight excluding hydrogens is 364 g/mol. The molecule has 0 saturated carbocycles. The van der Waals surface area contributed by atoms with Crippen molar-refractivity contribution in [3.8, 4) is 0 Å². The molecule has 2 amide bonds. The molecule has 0 radical (unpaired) electrons. The van der Waals surface area contributed by atoms with E-state index in [1.54, 1.807) is 35.4 Å². The maximum atomic E-state index is 12.7. The van der Waals surface area contributed by atoms with Gasteiger partial charge in [-0.3, -0.25) is 14.7 Å². The van der Waals surface area contributed by atoms with Crippen molar-refractivity contribution in [3.05, 3.63) is 59.2 Å². The summed E-state index contributed by atoms with van der Waals surface area (Å²) < 4.78 is 0. The minimum absolute atomic E-state index is 0.0635. The molecule has 1 aliphatic heterocycles. The number of anilines is 1. The van der Waals surface area contributed by atoms with Crippen molar-refractivity contribution < 1.29 is 9.59 Å². The van der Waals surface area contributed by atoms with Crippen LogP contribution >= 0.6 is 11.6 Å². The first-order chi connectivity index (χ1) is 13.1. The number of nitrogens with zero attached hydrogens (tertiary/aromatic N) is 2. The smallest absolute Gasteiger partial charge is 0.253 e. The summed E-state index contributed by atoms with van der Waals surface area (Å²) in [6.07, 6.45) is 3.29. The van der Waals surface area contributed by atoms with Crippen molar-refractivity contribution in [3.63, 3.8) is 0 Å². The summed E-state index contributed by atoms with van der Waals surface area (Å²) in [5, 5.41) is 11.4.